The van der Waals surface area contributed by atoms with Gasteiger partial charge in [0.25, 0.3) is 15.9 Å². The van der Waals surface area contributed by atoms with Gasteiger partial charge in [-0.1, -0.05) is 23.2 Å². The Balaban J connectivity index is 2.25. The number of hydrogen-bond donors (Lipinski definition) is 2. The average molecular weight is 398 g/mol. The van der Waals surface area contributed by atoms with Crippen LogP contribution in [0.15, 0.2) is 47.4 Å². The molecule has 1 heterocycles. The Bertz CT molecular complexity index is 1080. The van der Waals surface area contributed by atoms with Crippen LogP contribution in [0, 0.1) is 0 Å². The fourth-order valence-corrected chi connectivity index (χ4v) is 4.34. The van der Waals surface area contributed by atoms with Crippen LogP contribution in [0.1, 0.15) is 10.5 Å². The number of amides is 1. The minimum Gasteiger partial charge on any atom is -0.364 e. The van der Waals surface area contributed by atoms with Gasteiger partial charge in [-0.3, -0.25) is 9.10 Å². The van der Waals surface area contributed by atoms with Crippen LogP contribution in [0.2, 0.25) is 10.0 Å². The monoisotopic (exact) mass is 397 g/mol. The number of H-pyrrole nitrogens is 1. The van der Waals surface area contributed by atoms with Crippen molar-refractivity contribution in [2.45, 2.75) is 4.90 Å². The van der Waals surface area contributed by atoms with Gasteiger partial charge in [-0.25, -0.2) is 8.42 Å². The highest BCUT2D eigenvalue weighted by molar-refractivity contribution is 7.93. The number of sulfonamides is 1. The van der Waals surface area contributed by atoms with Gasteiger partial charge in [-0.2, -0.15) is 0 Å². The first kappa shape index (κ1) is 17.6. The van der Waals surface area contributed by atoms with E-state index in [4.69, 9.17) is 28.9 Å². The molecule has 3 rings (SSSR count). The first-order valence-corrected chi connectivity index (χ1v) is 9.27. The maximum absolute atomic E-state index is 13.2. The average Bonchev–Trinajstić information content (AvgIpc) is 2.94. The van der Waals surface area contributed by atoms with E-state index in [0.29, 0.717) is 26.6 Å². The van der Waals surface area contributed by atoms with Gasteiger partial charge in [-0.05, 0) is 42.5 Å². The van der Waals surface area contributed by atoms with Crippen molar-refractivity contribution in [3.05, 3.63) is 58.2 Å². The van der Waals surface area contributed by atoms with Crippen LogP contribution in [-0.4, -0.2) is 26.4 Å². The molecule has 0 aliphatic rings. The highest BCUT2D eigenvalue weighted by Crippen LogP contribution is 2.33. The summed E-state index contributed by atoms with van der Waals surface area (Å²) < 4.78 is 27.4. The van der Waals surface area contributed by atoms with Crippen molar-refractivity contribution in [3.63, 3.8) is 0 Å². The molecule has 0 aliphatic carbocycles. The molecule has 3 aromatic rings. The Kier molecular flexibility index (Phi) is 4.40. The van der Waals surface area contributed by atoms with Crippen molar-refractivity contribution in [1.29, 1.82) is 0 Å². The largest absolute Gasteiger partial charge is 0.364 e. The number of hydrogen-bond acceptors (Lipinski definition) is 3. The van der Waals surface area contributed by atoms with E-state index in [0.717, 1.165) is 4.31 Å². The molecule has 0 aliphatic heterocycles. The Morgan fingerprint density at radius 2 is 1.68 bits per heavy atom. The topological polar surface area (TPSA) is 96.3 Å². The van der Waals surface area contributed by atoms with Gasteiger partial charge in [0.1, 0.15) is 10.6 Å². The van der Waals surface area contributed by atoms with E-state index in [9.17, 15) is 13.2 Å². The number of nitrogens with two attached hydrogens (primary N) is 1. The predicted molar refractivity (Wildman–Crippen MR) is 98.9 cm³/mol. The Morgan fingerprint density at radius 1 is 1.08 bits per heavy atom. The van der Waals surface area contributed by atoms with E-state index in [1.165, 1.54) is 13.1 Å². The molecular formula is C16H13Cl2N3O3S. The third kappa shape index (κ3) is 3.06. The zero-order valence-corrected chi connectivity index (χ0v) is 15.3. The second-order valence-electron chi connectivity index (χ2n) is 5.33. The first-order chi connectivity index (χ1) is 11.7. The van der Waals surface area contributed by atoms with Gasteiger partial charge in [0.15, 0.2) is 0 Å². The number of carbonyl (C=O) groups excluding carboxylic acids is 1. The lowest BCUT2D eigenvalue weighted by Gasteiger charge is -2.19. The molecule has 0 atom stereocenters. The van der Waals surface area contributed by atoms with Crippen LogP contribution in [0.5, 0.6) is 0 Å². The second kappa shape index (κ2) is 6.25. The first-order valence-electron chi connectivity index (χ1n) is 7.07. The summed E-state index contributed by atoms with van der Waals surface area (Å²) in [5, 5.41) is 1.11. The zero-order chi connectivity index (χ0) is 18.4. The van der Waals surface area contributed by atoms with Crippen LogP contribution in [0.3, 0.4) is 0 Å². The molecule has 2 aromatic carbocycles. The summed E-state index contributed by atoms with van der Waals surface area (Å²) in [6, 6.07) is 10.9. The number of nitrogens with one attached hydrogen (secondary N) is 1. The van der Waals surface area contributed by atoms with Gasteiger partial charge >= 0.3 is 0 Å². The number of aromatic nitrogens is 1. The number of rotatable bonds is 4. The molecule has 9 heteroatoms. The normalized spacial score (nSPS) is 11.6. The van der Waals surface area contributed by atoms with E-state index in [-0.39, 0.29) is 10.6 Å². The molecule has 0 radical (unpaired) electrons. The molecule has 1 aromatic heterocycles. The standard InChI is InChI=1S/C16H13Cl2N3O3S/c1-21(11-5-2-9(17)3-6-11)25(23,24)15-12-8-10(18)4-7-13(12)20-14(15)16(19)22/h2-8,20H,1H3,(H2,19,22). The maximum atomic E-state index is 13.2. The number of nitrogens with zero attached hydrogens (tertiary/aromatic N) is 1. The number of benzene rings is 2. The third-order valence-electron chi connectivity index (χ3n) is 3.77. The van der Waals surface area contributed by atoms with Crippen molar-refractivity contribution in [1.82, 2.24) is 4.98 Å². The van der Waals surface area contributed by atoms with Crippen molar-refractivity contribution in [2.75, 3.05) is 11.4 Å². The second-order valence-corrected chi connectivity index (χ2v) is 8.11. The molecule has 3 N–H and O–H groups in total. The van der Waals surface area contributed by atoms with Crippen molar-refractivity contribution in [2.24, 2.45) is 5.73 Å². The predicted octanol–water partition coefficient (Wildman–Crippen LogP) is 3.40. The minimum absolute atomic E-state index is 0.196. The summed E-state index contributed by atoms with van der Waals surface area (Å²) >= 11 is 11.8. The molecule has 0 saturated heterocycles. The molecule has 6 nitrogen and oxygen atoms in total. The highest BCUT2D eigenvalue weighted by atomic mass is 35.5. The number of anilines is 1. The number of carbonyl (C=O) groups is 1. The smallest absolute Gasteiger partial charge is 0.267 e. The number of fused-ring (bicyclic) bond motifs is 1. The van der Waals surface area contributed by atoms with Crippen LogP contribution in [0.4, 0.5) is 5.69 Å². The Morgan fingerprint density at radius 3 is 2.28 bits per heavy atom. The lowest BCUT2D eigenvalue weighted by molar-refractivity contribution is 0.0993. The molecular weight excluding hydrogens is 385 g/mol. The van der Waals surface area contributed by atoms with Crippen molar-refractivity contribution in [3.8, 4) is 0 Å². The van der Waals surface area contributed by atoms with E-state index in [2.05, 4.69) is 4.98 Å². The zero-order valence-electron chi connectivity index (χ0n) is 13.0. The molecule has 0 spiro atoms. The summed E-state index contributed by atoms with van der Waals surface area (Å²) in [7, 11) is -2.70. The van der Waals surface area contributed by atoms with Crippen molar-refractivity contribution < 1.29 is 13.2 Å². The molecule has 0 bridgehead atoms. The van der Waals surface area contributed by atoms with Gasteiger partial charge in [-0.15, -0.1) is 0 Å². The van der Waals surface area contributed by atoms with E-state index < -0.39 is 15.9 Å². The minimum atomic E-state index is -4.08. The fourth-order valence-electron chi connectivity index (χ4n) is 2.51. The summed E-state index contributed by atoms with van der Waals surface area (Å²) in [5.41, 5.74) is 6.00. The summed E-state index contributed by atoms with van der Waals surface area (Å²) in [6.45, 7) is 0. The van der Waals surface area contributed by atoms with Gasteiger partial charge in [0, 0.05) is 28.0 Å². The Hall–Kier alpha value is -2.22. The Labute approximate surface area is 154 Å². The SMILES string of the molecule is CN(c1ccc(Cl)cc1)S(=O)(=O)c1c(C(N)=O)[nH]c2ccc(Cl)cc12. The molecule has 0 saturated carbocycles. The van der Waals surface area contributed by atoms with Crippen LogP contribution >= 0.6 is 23.2 Å². The number of halogens is 2. The van der Waals surface area contributed by atoms with Crippen LogP contribution in [-0.2, 0) is 10.0 Å². The lowest BCUT2D eigenvalue weighted by Crippen LogP contribution is -2.28. The summed E-state index contributed by atoms with van der Waals surface area (Å²) in [4.78, 5) is 14.3. The molecule has 0 fully saturated rings. The maximum Gasteiger partial charge on any atom is 0.267 e. The van der Waals surface area contributed by atoms with Crippen LogP contribution < -0.4 is 10.0 Å². The summed E-state index contributed by atoms with van der Waals surface area (Å²) in [6.07, 6.45) is 0. The van der Waals surface area contributed by atoms with Gasteiger partial charge in [0.05, 0.1) is 5.69 Å². The quantitative estimate of drug-likeness (QED) is 0.705. The molecule has 25 heavy (non-hydrogen) atoms. The van der Waals surface area contributed by atoms with Gasteiger partial charge < -0.3 is 10.7 Å². The van der Waals surface area contributed by atoms with E-state index in [1.54, 1.807) is 36.4 Å². The van der Waals surface area contributed by atoms with E-state index in [1.807, 2.05) is 0 Å². The highest BCUT2D eigenvalue weighted by Gasteiger charge is 2.31. The molecule has 0 unspecified atom stereocenters. The lowest BCUT2D eigenvalue weighted by atomic mass is 10.2. The van der Waals surface area contributed by atoms with Gasteiger partial charge in [0.2, 0.25) is 0 Å². The van der Waals surface area contributed by atoms with Crippen LogP contribution in [0.25, 0.3) is 10.9 Å². The van der Waals surface area contributed by atoms with E-state index >= 15 is 0 Å². The molecule has 1 amide bonds. The molecule has 130 valence electrons. The van der Waals surface area contributed by atoms with Crippen molar-refractivity contribution >= 4 is 55.7 Å². The fraction of sp³-hybridized carbons (Fsp3) is 0.0625. The number of aromatic amines is 1. The number of primary amides is 1. The summed E-state index contributed by atoms with van der Waals surface area (Å²) in [5.74, 6) is -0.879. The third-order valence-corrected chi connectivity index (χ3v) is 6.13.